The molecule has 190 valence electrons. The van der Waals surface area contributed by atoms with Crippen LogP contribution in [-0.4, -0.2) is 51.1 Å². The Labute approximate surface area is 214 Å². The zero-order valence-electron chi connectivity index (χ0n) is 21.2. The summed E-state index contributed by atoms with van der Waals surface area (Å²) >= 11 is 0. The molecule has 4 aliphatic rings. The van der Waals surface area contributed by atoms with Gasteiger partial charge in [-0.25, -0.2) is 9.18 Å². The van der Waals surface area contributed by atoms with E-state index in [2.05, 4.69) is 15.3 Å². The van der Waals surface area contributed by atoms with Crippen LogP contribution in [-0.2, 0) is 23.0 Å². The summed E-state index contributed by atoms with van der Waals surface area (Å²) in [4.78, 5) is 36.3. The van der Waals surface area contributed by atoms with Crippen molar-refractivity contribution < 1.29 is 18.7 Å². The molecule has 0 atom stereocenters. The maximum absolute atomic E-state index is 13.9. The second kappa shape index (κ2) is 7.21. The van der Waals surface area contributed by atoms with Gasteiger partial charge in [0, 0.05) is 36.1 Å². The molecule has 1 saturated heterocycles. The Morgan fingerprint density at radius 3 is 2.65 bits per heavy atom. The number of aryl methyl sites for hydroxylation is 1. The molecule has 8 heteroatoms. The number of likely N-dealkylation sites (tertiary alicyclic amines) is 1. The van der Waals surface area contributed by atoms with Gasteiger partial charge in [0.25, 0.3) is 5.91 Å². The molecule has 2 amide bonds. The van der Waals surface area contributed by atoms with Crippen molar-refractivity contribution >= 4 is 12.0 Å². The fourth-order valence-electron chi connectivity index (χ4n) is 6.50. The highest BCUT2D eigenvalue weighted by Gasteiger charge is 2.70. The van der Waals surface area contributed by atoms with Gasteiger partial charge in [0.15, 0.2) is 0 Å². The van der Waals surface area contributed by atoms with Gasteiger partial charge in [-0.05, 0) is 75.8 Å². The number of carbonyl (C=O) groups is 2. The molecule has 0 unspecified atom stereocenters. The molecule has 2 aromatic heterocycles. The number of H-pyrrole nitrogens is 1. The van der Waals surface area contributed by atoms with Crippen molar-refractivity contribution in [2.45, 2.75) is 63.0 Å². The minimum Gasteiger partial charge on any atom is -0.444 e. The average Bonchev–Trinajstić information content (AvgIpc) is 3.45. The number of rotatable bonds is 1. The molecular weight excluding hydrogens is 471 g/mol. The average molecular weight is 501 g/mol. The highest BCUT2D eigenvalue weighted by molar-refractivity contribution is 6.03. The number of amides is 2. The number of hydrogen-bond acceptors (Lipinski definition) is 4. The van der Waals surface area contributed by atoms with Crippen molar-refractivity contribution in [3.05, 3.63) is 64.7 Å². The number of nitrogens with one attached hydrogen (secondary N) is 2. The Morgan fingerprint density at radius 2 is 1.95 bits per heavy atom. The predicted octanol–water partition coefficient (Wildman–Crippen LogP) is 4.75. The van der Waals surface area contributed by atoms with Crippen LogP contribution in [0.25, 0.3) is 22.5 Å². The van der Waals surface area contributed by atoms with Gasteiger partial charge in [-0.3, -0.25) is 9.78 Å². The van der Waals surface area contributed by atoms with E-state index in [9.17, 15) is 14.0 Å². The molecule has 2 aliphatic carbocycles. The molecule has 2 N–H and O–H groups in total. The molecule has 3 aromatic rings. The summed E-state index contributed by atoms with van der Waals surface area (Å²) in [6.45, 7) is 6.61. The Morgan fingerprint density at radius 1 is 1.16 bits per heavy atom. The van der Waals surface area contributed by atoms with Gasteiger partial charge < -0.3 is 19.9 Å². The number of fused-ring (bicyclic) bond motifs is 7. The number of aromatic amines is 1. The monoisotopic (exact) mass is 500 g/mol. The van der Waals surface area contributed by atoms with E-state index in [-0.39, 0.29) is 28.8 Å². The van der Waals surface area contributed by atoms with Crippen molar-refractivity contribution in [3.8, 4) is 22.5 Å². The van der Waals surface area contributed by atoms with Crippen molar-refractivity contribution in [1.82, 2.24) is 20.2 Å². The smallest absolute Gasteiger partial charge is 0.410 e. The molecule has 37 heavy (non-hydrogen) atoms. The summed E-state index contributed by atoms with van der Waals surface area (Å²) in [5.41, 5.74) is 5.89. The maximum Gasteiger partial charge on any atom is 0.410 e. The number of benzene rings is 1. The standard InChI is InChI=1S/C29H29FN4O3/c1-27(2,3)37-26(36)34-14-28(15-34)24-22(25(35)33-29(28)9-10-29)19-8-7-17-13-31-21(12-20(17)23(19)32-24)16-5-4-6-18(30)11-16/h4-6,11-13,32H,7-10,14-15H2,1-3H3,(H,33,35). The summed E-state index contributed by atoms with van der Waals surface area (Å²) < 4.78 is 19.5. The van der Waals surface area contributed by atoms with Crippen molar-refractivity contribution in [3.63, 3.8) is 0 Å². The molecule has 0 radical (unpaired) electrons. The number of aromatic nitrogens is 2. The van der Waals surface area contributed by atoms with Gasteiger partial charge >= 0.3 is 6.09 Å². The summed E-state index contributed by atoms with van der Waals surface area (Å²) in [7, 11) is 0. The van der Waals surface area contributed by atoms with E-state index in [0.717, 1.165) is 59.3 Å². The van der Waals surface area contributed by atoms with E-state index >= 15 is 0 Å². The predicted molar refractivity (Wildman–Crippen MR) is 136 cm³/mol. The normalized spacial score (nSPS) is 20.0. The van der Waals surface area contributed by atoms with Crippen LogP contribution in [0.15, 0.2) is 36.5 Å². The van der Waals surface area contributed by atoms with Crippen LogP contribution in [0.2, 0.25) is 0 Å². The molecule has 1 aromatic carbocycles. The Bertz CT molecular complexity index is 1490. The number of ether oxygens (including phenoxy) is 1. The third-order valence-electron chi connectivity index (χ3n) is 8.42. The second-order valence-corrected chi connectivity index (χ2v) is 11.9. The lowest BCUT2D eigenvalue weighted by molar-refractivity contribution is -0.0240. The molecule has 4 heterocycles. The van der Waals surface area contributed by atoms with E-state index < -0.39 is 5.60 Å². The minimum atomic E-state index is -0.564. The van der Waals surface area contributed by atoms with Crippen LogP contribution >= 0.6 is 0 Å². The first-order valence-electron chi connectivity index (χ1n) is 12.9. The number of carbonyl (C=O) groups excluding carboxylic acids is 2. The van der Waals surface area contributed by atoms with E-state index in [1.807, 2.05) is 39.1 Å². The highest BCUT2D eigenvalue weighted by Crippen LogP contribution is 2.59. The van der Waals surface area contributed by atoms with Gasteiger partial charge in [-0.1, -0.05) is 12.1 Å². The van der Waals surface area contributed by atoms with Crippen molar-refractivity contribution in [2.75, 3.05) is 13.1 Å². The summed E-state index contributed by atoms with van der Waals surface area (Å²) in [5.74, 6) is -0.338. The lowest BCUT2D eigenvalue weighted by Crippen LogP contribution is -2.73. The lowest BCUT2D eigenvalue weighted by atomic mass is 9.65. The molecule has 7 rings (SSSR count). The van der Waals surface area contributed by atoms with Gasteiger partial charge in [0.2, 0.25) is 0 Å². The number of hydrogen-bond donors (Lipinski definition) is 2. The van der Waals surface area contributed by atoms with E-state index in [1.165, 1.54) is 12.1 Å². The van der Waals surface area contributed by atoms with Gasteiger partial charge in [-0.15, -0.1) is 0 Å². The van der Waals surface area contributed by atoms with E-state index in [0.29, 0.717) is 24.3 Å². The third kappa shape index (κ3) is 3.20. The zero-order chi connectivity index (χ0) is 25.7. The molecule has 1 saturated carbocycles. The summed E-state index contributed by atoms with van der Waals surface area (Å²) in [6, 6.07) is 8.43. The first-order chi connectivity index (χ1) is 17.6. The fraction of sp³-hybridized carbons (Fsp3) is 0.414. The number of nitrogens with zero attached hydrogens (tertiary/aromatic N) is 2. The van der Waals surface area contributed by atoms with E-state index in [4.69, 9.17) is 4.74 Å². The summed E-state index contributed by atoms with van der Waals surface area (Å²) in [5, 5.41) is 3.34. The zero-order valence-corrected chi connectivity index (χ0v) is 21.2. The first-order valence-corrected chi connectivity index (χ1v) is 12.9. The highest BCUT2D eigenvalue weighted by atomic mass is 19.1. The minimum absolute atomic E-state index is 0.0331. The third-order valence-corrected chi connectivity index (χ3v) is 8.42. The molecule has 0 bridgehead atoms. The molecule has 2 spiro atoms. The van der Waals surface area contributed by atoms with Gasteiger partial charge in [-0.2, -0.15) is 0 Å². The number of halogens is 1. The lowest BCUT2D eigenvalue weighted by Gasteiger charge is -2.56. The summed E-state index contributed by atoms with van der Waals surface area (Å²) in [6.07, 6.45) is 4.85. The first kappa shape index (κ1) is 22.5. The van der Waals surface area contributed by atoms with Gasteiger partial charge in [0.05, 0.1) is 27.9 Å². The Hall–Kier alpha value is -3.68. The molecule has 2 fully saturated rings. The van der Waals surface area contributed by atoms with Gasteiger partial charge in [0.1, 0.15) is 11.4 Å². The Kier molecular flexibility index (Phi) is 4.39. The molecule has 7 nitrogen and oxygen atoms in total. The quantitative estimate of drug-likeness (QED) is 0.505. The second-order valence-electron chi connectivity index (χ2n) is 11.9. The van der Waals surface area contributed by atoms with Crippen LogP contribution in [0, 0.1) is 5.82 Å². The van der Waals surface area contributed by atoms with Crippen LogP contribution in [0.4, 0.5) is 9.18 Å². The number of pyridine rings is 1. The van der Waals surface area contributed by atoms with Crippen LogP contribution in [0.5, 0.6) is 0 Å². The molecule has 2 aliphatic heterocycles. The maximum atomic E-state index is 13.9. The molecular formula is C29H29FN4O3. The SMILES string of the molecule is CC(C)(C)OC(=O)N1CC2(C1)c1[nH]c3c(c1C(=O)NC21CC1)CCc1cnc(-c2cccc(F)c2)cc1-3. The Balaban J connectivity index is 1.31. The van der Waals surface area contributed by atoms with Crippen molar-refractivity contribution in [2.24, 2.45) is 0 Å². The van der Waals surface area contributed by atoms with Crippen LogP contribution < -0.4 is 5.32 Å². The van der Waals surface area contributed by atoms with Crippen LogP contribution in [0.1, 0.15) is 60.8 Å². The largest absolute Gasteiger partial charge is 0.444 e. The fourth-order valence-corrected chi connectivity index (χ4v) is 6.50. The van der Waals surface area contributed by atoms with Crippen LogP contribution in [0.3, 0.4) is 0 Å². The topological polar surface area (TPSA) is 87.3 Å². The van der Waals surface area contributed by atoms with E-state index in [1.54, 1.807) is 11.0 Å². The van der Waals surface area contributed by atoms with Crippen molar-refractivity contribution in [1.29, 1.82) is 0 Å².